The lowest BCUT2D eigenvalue weighted by molar-refractivity contribution is -0.118. The molecule has 2 rings (SSSR count). The lowest BCUT2D eigenvalue weighted by Gasteiger charge is -2.23. The number of halogens is 1. The van der Waals surface area contributed by atoms with E-state index in [0.29, 0.717) is 13.0 Å². The van der Waals surface area contributed by atoms with Gasteiger partial charge in [-0.3, -0.25) is 4.79 Å². The molecule has 0 spiro atoms. The topological polar surface area (TPSA) is 46.3 Å². The summed E-state index contributed by atoms with van der Waals surface area (Å²) in [5.41, 5.74) is 9.22. The van der Waals surface area contributed by atoms with Gasteiger partial charge in [-0.15, -0.1) is 12.4 Å². The first-order valence-corrected chi connectivity index (χ1v) is 7.29. The van der Waals surface area contributed by atoms with Gasteiger partial charge < -0.3 is 10.6 Å². The summed E-state index contributed by atoms with van der Waals surface area (Å²) in [7, 11) is 0. The van der Waals surface area contributed by atoms with Crippen LogP contribution in [0.4, 0.5) is 5.69 Å². The van der Waals surface area contributed by atoms with Crippen LogP contribution in [0.5, 0.6) is 0 Å². The molecule has 1 unspecified atom stereocenters. The van der Waals surface area contributed by atoms with Crippen molar-refractivity contribution in [2.45, 2.75) is 26.3 Å². The second-order valence-corrected chi connectivity index (χ2v) is 5.20. The normalized spacial score (nSPS) is 11.4. The summed E-state index contributed by atoms with van der Waals surface area (Å²) in [4.78, 5) is 14.3. The van der Waals surface area contributed by atoms with Gasteiger partial charge in [0.25, 0.3) is 0 Å². The number of carbonyl (C=O) groups is 1. The van der Waals surface area contributed by atoms with Crippen LogP contribution in [0.1, 0.15) is 30.5 Å². The zero-order valence-electron chi connectivity index (χ0n) is 13.0. The first-order valence-electron chi connectivity index (χ1n) is 7.29. The summed E-state index contributed by atoms with van der Waals surface area (Å²) in [6.07, 6.45) is 0.311. The Morgan fingerprint density at radius 3 is 2.41 bits per heavy atom. The molecule has 2 aromatic carbocycles. The monoisotopic (exact) mass is 318 g/mol. The smallest absolute Gasteiger partial charge is 0.228 e. The molecule has 3 nitrogen and oxygen atoms in total. The lowest BCUT2D eigenvalue weighted by atomic mass is 10.0. The second kappa shape index (κ2) is 8.57. The Morgan fingerprint density at radius 1 is 1.14 bits per heavy atom. The largest absolute Gasteiger partial charge is 0.324 e. The highest BCUT2D eigenvalue weighted by molar-refractivity contribution is 5.93. The van der Waals surface area contributed by atoms with Gasteiger partial charge in [-0.1, -0.05) is 42.5 Å². The molecule has 0 radical (unpaired) electrons. The van der Waals surface area contributed by atoms with Crippen LogP contribution in [0.2, 0.25) is 0 Å². The Labute approximate surface area is 138 Å². The molecule has 2 N–H and O–H groups in total. The molecule has 0 saturated carbocycles. The molecule has 0 aliphatic rings. The van der Waals surface area contributed by atoms with E-state index in [1.165, 1.54) is 0 Å². The quantitative estimate of drug-likeness (QED) is 0.910. The van der Waals surface area contributed by atoms with Gasteiger partial charge in [-0.2, -0.15) is 0 Å². The lowest BCUT2D eigenvalue weighted by Crippen LogP contribution is -2.33. The molecular formula is C18H23ClN2O. The maximum Gasteiger partial charge on any atom is 0.228 e. The molecule has 0 fully saturated rings. The van der Waals surface area contributed by atoms with Crippen LogP contribution < -0.4 is 10.6 Å². The molecule has 0 heterocycles. The van der Waals surface area contributed by atoms with E-state index in [1.54, 1.807) is 4.90 Å². The number of nitrogens with two attached hydrogens (primary N) is 1. The average Bonchev–Trinajstić information content (AvgIpc) is 2.49. The van der Waals surface area contributed by atoms with E-state index in [4.69, 9.17) is 5.73 Å². The molecule has 118 valence electrons. The Morgan fingerprint density at radius 2 is 1.82 bits per heavy atom. The third kappa shape index (κ3) is 4.58. The van der Waals surface area contributed by atoms with Crippen LogP contribution in [-0.2, 0) is 4.79 Å². The van der Waals surface area contributed by atoms with E-state index >= 15 is 0 Å². The highest BCUT2D eigenvalue weighted by Gasteiger charge is 2.18. The van der Waals surface area contributed by atoms with Crippen molar-refractivity contribution >= 4 is 24.0 Å². The van der Waals surface area contributed by atoms with Crippen molar-refractivity contribution < 1.29 is 4.79 Å². The zero-order valence-corrected chi connectivity index (χ0v) is 13.8. The van der Waals surface area contributed by atoms with Gasteiger partial charge in [-0.05, 0) is 37.1 Å². The van der Waals surface area contributed by atoms with Crippen molar-refractivity contribution in [1.82, 2.24) is 0 Å². The Kier molecular flexibility index (Phi) is 7.09. The Hall–Kier alpha value is -1.84. The fraction of sp³-hybridized carbons (Fsp3) is 0.278. The summed E-state index contributed by atoms with van der Waals surface area (Å²) >= 11 is 0. The number of carbonyl (C=O) groups excluding carboxylic acids is 1. The van der Waals surface area contributed by atoms with Gasteiger partial charge in [0.15, 0.2) is 0 Å². The Balaban J connectivity index is 0.00000242. The molecule has 1 amide bonds. The van der Waals surface area contributed by atoms with Crippen LogP contribution in [-0.4, -0.2) is 12.5 Å². The van der Waals surface area contributed by atoms with Gasteiger partial charge in [0.1, 0.15) is 0 Å². The van der Waals surface area contributed by atoms with Crippen molar-refractivity contribution in [2.75, 3.05) is 11.4 Å². The highest BCUT2D eigenvalue weighted by atomic mass is 35.5. The number of hydrogen-bond acceptors (Lipinski definition) is 2. The van der Waals surface area contributed by atoms with E-state index in [2.05, 4.69) is 0 Å². The van der Waals surface area contributed by atoms with Crippen molar-refractivity contribution in [3.05, 3.63) is 65.7 Å². The number of amides is 1. The molecule has 22 heavy (non-hydrogen) atoms. The Bertz CT molecular complexity index is 601. The molecule has 4 heteroatoms. The van der Waals surface area contributed by atoms with Gasteiger partial charge in [-0.25, -0.2) is 0 Å². The number of aryl methyl sites for hydroxylation is 1. The average molecular weight is 319 g/mol. The summed E-state index contributed by atoms with van der Waals surface area (Å²) in [5.74, 6) is 0.0550. The number of nitrogens with zero attached hydrogens (tertiary/aromatic N) is 1. The molecule has 1 atom stereocenters. The van der Waals surface area contributed by atoms with Gasteiger partial charge in [0.2, 0.25) is 5.91 Å². The van der Waals surface area contributed by atoms with Gasteiger partial charge >= 0.3 is 0 Å². The number of hydrogen-bond donors (Lipinski definition) is 1. The molecule has 0 aromatic heterocycles. The molecule has 0 saturated heterocycles. The van der Waals surface area contributed by atoms with Crippen molar-refractivity contribution in [3.8, 4) is 0 Å². The first kappa shape index (κ1) is 18.2. The second-order valence-electron chi connectivity index (χ2n) is 5.20. The first-order chi connectivity index (χ1) is 10.1. The standard InChI is InChI=1S/C18H22N2O.ClH/c1-3-20(16-11-7-8-14(2)12-16)18(21)13-17(19)15-9-5-4-6-10-15;/h4-12,17H,3,13,19H2,1-2H3;1H. The molecule has 0 aliphatic heterocycles. The van der Waals surface area contributed by atoms with Crippen LogP contribution in [0.3, 0.4) is 0 Å². The SMILES string of the molecule is CCN(C(=O)CC(N)c1ccccc1)c1cccc(C)c1.Cl. The third-order valence-electron chi connectivity index (χ3n) is 3.55. The summed E-state index contributed by atoms with van der Waals surface area (Å²) < 4.78 is 0. The van der Waals surface area contributed by atoms with E-state index < -0.39 is 0 Å². The van der Waals surface area contributed by atoms with E-state index in [9.17, 15) is 4.79 Å². The molecule has 0 bridgehead atoms. The van der Waals surface area contributed by atoms with Crippen LogP contribution in [0, 0.1) is 6.92 Å². The summed E-state index contributed by atoms with van der Waals surface area (Å²) in [5, 5.41) is 0. The zero-order chi connectivity index (χ0) is 15.2. The maximum atomic E-state index is 12.5. The minimum atomic E-state index is -0.266. The summed E-state index contributed by atoms with van der Waals surface area (Å²) in [6.45, 7) is 4.65. The highest BCUT2D eigenvalue weighted by Crippen LogP contribution is 2.20. The third-order valence-corrected chi connectivity index (χ3v) is 3.55. The van der Waals surface area contributed by atoms with Crippen LogP contribution >= 0.6 is 12.4 Å². The minimum Gasteiger partial charge on any atom is -0.324 e. The summed E-state index contributed by atoms with van der Waals surface area (Å²) in [6, 6.07) is 17.5. The molecule has 0 aliphatic carbocycles. The van der Waals surface area contributed by atoms with Crippen LogP contribution in [0.25, 0.3) is 0 Å². The number of anilines is 1. The predicted octanol–water partition coefficient (Wildman–Crippen LogP) is 3.86. The van der Waals surface area contributed by atoms with Crippen molar-refractivity contribution in [3.63, 3.8) is 0 Å². The van der Waals surface area contributed by atoms with Crippen molar-refractivity contribution in [1.29, 1.82) is 0 Å². The minimum absolute atomic E-state index is 0. The fourth-order valence-corrected chi connectivity index (χ4v) is 2.42. The fourth-order valence-electron chi connectivity index (χ4n) is 2.42. The maximum absolute atomic E-state index is 12.5. The molecular weight excluding hydrogens is 296 g/mol. The number of rotatable bonds is 5. The van der Waals surface area contributed by atoms with E-state index in [-0.39, 0.29) is 24.4 Å². The number of benzene rings is 2. The van der Waals surface area contributed by atoms with Gasteiger partial charge in [0, 0.05) is 24.7 Å². The predicted molar refractivity (Wildman–Crippen MR) is 94.4 cm³/mol. The van der Waals surface area contributed by atoms with E-state index in [1.807, 2.05) is 68.4 Å². The van der Waals surface area contributed by atoms with Crippen LogP contribution in [0.15, 0.2) is 54.6 Å². The van der Waals surface area contributed by atoms with Crippen molar-refractivity contribution in [2.24, 2.45) is 5.73 Å². The van der Waals surface area contributed by atoms with Gasteiger partial charge in [0.05, 0.1) is 0 Å². The molecule has 2 aromatic rings. The van der Waals surface area contributed by atoms with E-state index in [0.717, 1.165) is 16.8 Å².